The van der Waals surface area contributed by atoms with Crippen LogP contribution < -0.4 is 4.74 Å². The predicted octanol–water partition coefficient (Wildman–Crippen LogP) is 3.53. The van der Waals surface area contributed by atoms with Gasteiger partial charge in [-0.2, -0.15) is 13.2 Å². The van der Waals surface area contributed by atoms with Gasteiger partial charge in [0.2, 0.25) is 5.88 Å². The number of nitrogens with zero attached hydrogens (tertiary/aromatic N) is 1. The summed E-state index contributed by atoms with van der Waals surface area (Å²) in [5.41, 5.74) is -0.130. The van der Waals surface area contributed by atoms with Crippen LogP contribution in [0.4, 0.5) is 17.6 Å². The number of rotatable bonds is 4. The Bertz CT molecular complexity index is 701. The summed E-state index contributed by atoms with van der Waals surface area (Å²) in [4.78, 5) is 14.5. The maximum Gasteiger partial charge on any atom is 0.422 e. The van der Waals surface area contributed by atoms with Gasteiger partial charge < -0.3 is 9.84 Å². The Labute approximate surface area is 122 Å². The van der Waals surface area contributed by atoms with E-state index in [2.05, 4.69) is 9.72 Å². The SMILES string of the molecule is O=C(O)c1cnc(OCC(F)(F)F)c(-c2cccc(F)c2)c1. The first kappa shape index (κ1) is 15.7. The monoisotopic (exact) mass is 315 g/mol. The highest BCUT2D eigenvalue weighted by Crippen LogP contribution is 2.30. The molecule has 1 heterocycles. The maximum atomic E-state index is 13.3. The van der Waals surface area contributed by atoms with Crippen molar-refractivity contribution in [3.8, 4) is 17.0 Å². The second-order valence-electron chi connectivity index (χ2n) is 4.30. The molecule has 22 heavy (non-hydrogen) atoms. The molecule has 0 amide bonds. The lowest BCUT2D eigenvalue weighted by Gasteiger charge is -2.13. The molecular formula is C14H9F4NO3. The number of carbonyl (C=O) groups is 1. The fraction of sp³-hybridized carbons (Fsp3) is 0.143. The number of halogens is 4. The zero-order chi connectivity index (χ0) is 16.3. The largest absolute Gasteiger partial charge is 0.478 e. The molecule has 8 heteroatoms. The van der Waals surface area contributed by atoms with Crippen molar-refractivity contribution in [1.29, 1.82) is 0 Å². The molecule has 0 spiro atoms. The van der Waals surface area contributed by atoms with Crippen molar-refractivity contribution in [3.63, 3.8) is 0 Å². The number of pyridine rings is 1. The van der Waals surface area contributed by atoms with Crippen LogP contribution in [-0.4, -0.2) is 28.8 Å². The molecule has 2 aromatic rings. The molecule has 0 aliphatic heterocycles. The van der Waals surface area contributed by atoms with Crippen molar-refractivity contribution in [2.75, 3.05) is 6.61 Å². The molecule has 0 saturated heterocycles. The first-order valence-corrected chi connectivity index (χ1v) is 5.95. The van der Waals surface area contributed by atoms with Gasteiger partial charge in [0, 0.05) is 11.8 Å². The molecule has 0 atom stereocenters. The molecule has 1 N–H and O–H groups in total. The van der Waals surface area contributed by atoms with E-state index in [0.717, 1.165) is 24.4 Å². The van der Waals surface area contributed by atoms with E-state index in [1.165, 1.54) is 12.1 Å². The Morgan fingerprint density at radius 3 is 2.59 bits per heavy atom. The maximum absolute atomic E-state index is 13.3. The second kappa shape index (κ2) is 6.00. The van der Waals surface area contributed by atoms with E-state index in [9.17, 15) is 22.4 Å². The highest BCUT2D eigenvalue weighted by molar-refractivity contribution is 5.89. The van der Waals surface area contributed by atoms with Crippen LogP contribution in [0.15, 0.2) is 36.5 Å². The smallest absolute Gasteiger partial charge is 0.422 e. The zero-order valence-corrected chi connectivity index (χ0v) is 10.9. The van der Waals surface area contributed by atoms with Crippen LogP contribution in [0.5, 0.6) is 5.88 Å². The Morgan fingerprint density at radius 2 is 2.00 bits per heavy atom. The van der Waals surface area contributed by atoms with Crippen LogP contribution >= 0.6 is 0 Å². The molecule has 0 fully saturated rings. The number of alkyl halides is 3. The highest BCUT2D eigenvalue weighted by atomic mass is 19.4. The summed E-state index contributed by atoms with van der Waals surface area (Å²) in [6.07, 6.45) is -3.71. The van der Waals surface area contributed by atoms with Crippen LogP contribution in [0.2, 0.25) is 0 Å². The Hall–Kier alpha value is -2.64. The normalized spacial score (nSPS) is 11.3. The number of benzene rings is 1. The second-order valence-corrected chi connectivity index (χ2v) is 4.30. The highest BCUT2D eigenvalue weighted by Gasteiger charge is 2.29. The summed E-state index contributed by atoms with van der Waals surface area (Å²) in [6.45, 7) is -1.59. The summed E-state index contributed by atoms with van der Waals surface area (Å²) in [5.74, 6) is -2.36. The number of ether oxygens (including phenoxy) is 1. The number of carboxylic acids is 1. The van der Waals surface area contributed by atoms with Gasteiger partial charge in [0.15, 0.2) is 6.61 Å². The molecular weight excluding hydrogens is 306 g/mol. The molecule has 0 bridgehead atoms. The lowest BCUT2D eigenvalue weighted by Crippen LogP contribution is -2.20. The van der Waals surface area contributed by atoms with Gasteiger partial charge in [0.1, 0.15) is 5.82 Å². The summed E-state index contributed by atoms with van der Waals surface area (Å²) in [6, 6.07) is 6.02. The fourth-order valence-electron chi connectivity index (χ4n) is 1.70. The van der Waals surface area contributed by atoms with Gasteiger partial charge >= 0.3 is 12.1 Å². The minimum atomic E-state index is -4.58. The number of aromatic nitrogens is 1. The number of hydrogen-bond acceptors (Lipinski definition) is 3. The molecule has 0 saturated carbocycles. The van der Waals surface area contributed by atoms with E-state index in [0.29, 0.717) is 0 Å². The van der Waals surface area contributed by atoms with E-state index in [1.54, 1.807) is 0 Å². The molecule has 4 nitrogen and oxygen atoms in total. The van der Waals surface area contributed by atoms with Gasteiger partial charge in [-0.05, 0) is 23.8 Å². The molecule has 1 aromatic heterocycles. The van der Waals surface area contributed by atoms with Crippen LogP contribution in [0.3, 0.4) is 0 Å². The van der Waals surface area contributed by atoms with Gasteiger partial charge in [-0.3, -0.25) is 0 Å². The third-order valence-electron chi connectivity index (χ3n) is 2.61. The van der Waals surface area contributed by atoms with E-state index in [1.807, 2.05) is 0 Å². The molecule has 0 aliphatic rings. The Morgan fingerprint density at radius 1 is 1.27 bits per heavy atom. The summed E-state index contributed by atoms with van der Waals surface area (Å²) in [7, 11) is 0. The molecule has 1 aromatic carbocycles. The van der Waals surface area contributed by atoms with Gasteiger partial charge in [-0.1, -0.05) is 12.1 Å². The van der Waals surface area contributed by atoms with E-state index >= 15 is 0 Å². The number of carboxylic acid groups (broad SMARTS) is 1. The Kier molecular flexibility index (Phi) is 4.30. The zero-order valence-electron chi connectivity index (χ0n) is 10.9. The lowest BCUT2D eigenvalue weighted by atomic mass is 10.1. The van der Waals surface area contributed by atoms with Crippen LogP contribution in [0.25, 0.3) is 11.1 Å². The average molecular weight is 315 g/mol. The minimum Gasteiger partial charge on any atom is -0.478 e. The number of aromatic carboxylic acids is 1. The van der Waals surface area contributed by atoms with Gasteiger partial charge in [-0.25, -0.2) is 14.2 Å². The molecule has 0 aliphatic carbocycles. The van der Waals surface area contributed by atoms with Crippen molar-refractivity contribution < 1.29 is 32.2 Å². The third-order valence-corrected chi connectivity index (χ3v) is 2.61. The molecule has 0 unspecified atom stereocenters. The summed E-state index contributed by atoms with van der Waals surface area (Å²) < 4.78 is 54.6. The minimum absolute atomic E-state index is 0.0383. The van der Waals surface area contributed by atoms with Gasteiger partial charge in [0.05, 0.1) is 5.56 Å². The van der Waals surface area contributed by atoms with Crippen molar-refractivity contribution in [2.24, 2.45) is 0 Å². The van der Waals surface area contributed by atoms with E-state index < -0.39 is 30.4 Å². The summed E-state index contributed by atoms with van der Waals surface area (Å²) >= 11 is 0. The van der Waals surface area contributed by atoms with Crippen molar-refractivity contribution >= 4 is 5.97 Å². The first-order chi connectivity index (χ1) is 10.3. The quantitative estimate of drug-likeness (QED) is 0.877. The van der Waals surface area contributed by atoms with Crippen LogP contribution in [-0.2, 0) is 0 Å². The molecule has 116 valence electrons. The lowest BCUT2D eigenvalue weighted by molar-refractivity contribution is -0.154. The average Bonchev–Trinajstić information content (AvgIpc) is 2.44. The molecule has 2 rings (SSSR count). The van der Waals surface area contributed by atoms with Crippen molar-refractivity contribution in [3.05, 3.63) is 47.9 Å². The first-order valence-electron chi connectivity index (χ1n) is 5.95. The number of hydrogen-bond donors (Lipinski definition) is 1. The standard InChI is InChI=1S/C14H9F4NO3/c15-10-3-1-2-8(4-10)11-5-9(13(20)21)6-19-12(11)22-7-14(16,17)18/h1-6H,7H2,(H,20,21). The van der Waals surface area contributed by atoms with Crippen LogP contribution in [0, 0.1) is 5.82 Å². The molecule has 0 radical (unpaired) electrons. The van der Waals surface area contributed by atoms with Gasteiger partial charge in [0.25, 0.3) is 0 Å². The van der Waals surface area contributed by atoms with E-state index in [-0.39, 0.29) is 16.7 Å². The fourth-order valence-corrected chi connectivity index (χ4v) is 1.70. The van der Waals surface area contributed by atoms with Crippen molar-refractivity contribution in [1.82, 2.24) is 4.98 Å². The van der Waals surface area contributed by atoms with Gasteiger partial charge in [-0.15, -0.1) is 0 Å². The van der Waals surface area contributed by atoms with E-state index in [4.69, 9.17) is 5.11 Å². The topological polar surface area (TPSA) is 59.4 Å². The van der Waals surface area contributed by atoms with Crippen molar-refractivity contribution in [2.45, 2.75) is 6.18 Å². The van der Waals surface area contributed by atoms with Crippen LogP contribution in [0.1, 0.15) is 10.4 Å². The summed E-state index contributed by atoms with van der Waals surface area (Å²) in [5, 5.41) is 8.93. The Balaban J connectivity index is 2.47. The third kappa shape index (κ3) is 3.94. The predicted molar refractivity (Wildman–Crippen MR) is 68.1 cm³/mol.